The van der Waals surface area contributed by atoms with Crippen LogP contribution in [0.15, 0.2) is 0 Å². The number of fused-ring (bicyclic) bond motifs is 1. The Morgan fingerprint density at radius 2 is 2.00 bits per heavy atom. The van der Waals surface area contributed by atoms with E-state index >= 15 is 0 Å². The molecule has 3 atom stereocenters. The second-order valence-electron chi connectivity index (χ2n) is 4.03. The molecule has 2 aliphatic rings. The van der Waals surface area contributed by atoms with Crippen molar-refractivity contribution < 1.29 is 4.74 Å². The molecular weight excluding hydrogens is 124 g/mol. The Labute approximate surface area is 62.8 Å². The monoisotopic (exact) mass is 140 g/mol. The van der Waals surface area contributed by atoms with Gasteiger partial charge in [0.05, 0.1) is 12.2 Å². The number of ether oxygens (including phenoxy) is 1. The van der Waals surface area contributed by atoms with E-state index in [9.17, 15) is 0 Å². The lowest BCUT2D eigenvalue weighted by atomic mass is 9.82. The van der Waals surface area contributed by atoms with E-state index in [0.29, 0.717) is 12.2 Å². The molecule has 0 aromatic rings. The van der Waals surface area contributed by atoms with Crippen molar-refractivity contribution in [2.75, 3.05) is 0 Å². The third-order valence-corrected chi connectivity index (χ3v) is 2.99. The maximum absolute atomic E-state index is 5.46. The van der Waals surface area contributed by atoms with Gasteiger partial charge in [0.1, 0.15) is 0 Å². The van der Waals surface area contributed by atoms with Crippen molar-refractivity contribution in [2.45, 2.75) is 45.3 Å². The Bertz CT molecular complexity index is 131. The van der Waals surface area contributed by atoms with Gasteiger partial charge in [-0.3, -0.25) is 0 Å². The van der Waals surface area contributed by atoms with Crippen LogP contribution >= 0.6 is 0 Å². The Balaban J connectivity index is 1.88. The molecule has 0 aromatic carbocycles. The Hall–Kier alpha value is -0.0400. The summed E-state index contributed by atoms with van der Waals surface area (Å²) in [5.41, 5.74) is 0. The molecule has 0 amide bonds. The molecule has 1 heteroatoms. The van der Waals surface area contributed by atoms with Crippen molar-refractivity contribution in [2.24, 2.45) is 11.8 Å². The summed E-state index contributed by atoms with van der Waals surface area (Å²) in [5, 5.41) is 0. The van der Waals surface area contributed by atoms with Gasteiger partial charge in [0.25, 0.3) is 0 Å². The topological polar surface area (TPSA) is 12.5 Å². The molecule has 0 radical (unpaired) electrons. The fourth-order valence-electron chi connectivity index (χ4n) is 2.04. The summed E-state index contributed by atoms with van der Waals surface area (Å²) >= 11 is 0. The molecule has 3 unspecified atom stereocenters. The smallest absolute Gasteiger partial charge is 0.0844 e. The van der Waals surface area contributed by atoms with Gasteiger partial charge in [-0.15, -0.1) is 0 Å². The van der Waals surface area contributed by atoms with Gasteiger partial charge in [0, 0.05) is 0 Å². The molecule has 1 nitrogen and oxygen atoms in total. The van der Waals surface area contributed by atoms with Crippen molar-refractivity contribution in [1.82, 2.24) is 0 Å². The van der Waals surface area contributed by atoms with Gasteiger partial charge in [-0.05, 0) is 31.1 Å². The molecule has 1 saturated heterocycles. The van der Waals surface area contributed by atoms with Gasteiger partial charge in [0.2, 0.25) is 0 Å². The minimum Gasteiger partial charge on any atom is -0.370 e. The molecule has 0 aromatic heterocycles. The van der Waals surface area contributed by atoms with Crippen molar-refractivity contribution in [1.29, 1.82) is 0 Å². The fourth-order valence-corrected chi connectivity index (χ4v) is 2.04. The summed E-state index contributed by atoms with van der Waals surface area (Å²) < 4.78 is 5.46. The highest BCUT2D eigenvalue weighted by Gasteiger charge is 2.44. The summed E-state index contributed by atoms with van der Waals surface area (Å²) in [4.78, 5) is 0. The van der Waals surface area contributed by atoms with Crippen LogP contribution in [0.5, 0.6) is 0 Å². The van der Waals surface area contributed by atoms with Gasteiger partial charge in [-0.2, -0.15) is 0 Å². The lowest BCUT2D eigenvalue weighted by Crippen LogP contribution is -2.17. The first-order chi connectivity index (χ1) is 4.77. The van der Waals surface area contributed by atoms with Gasteiger partial charge >= 0.3 is 0 Å². The van der Waals surface area contributed by atoms with Crippen LogP contribution in [0.25, 0.3) is 0 Å². The third-order valence-electron chi connectivity index (χ3n) is 2.99. The van der Waals surface area contributed by atoms with Gasteiger partial charge in [-0.25, -0.2) is 0 Å². The first-order valence-corrected chi connectivity index (χ1v) is 4.43. The zero-order chi connectivity index (χ0) is 7.14. The van der Waals surface area contributed by atoms with Crippen LogP contribution < -0.4 is 0 Å². The first kappa shape index (κ1) is 6.66. The van der Waals surface area contributed by atoms with Crippen LogP contribution in [0.4, 0.5) is 0 Å². The SMILES string of the molecule is CC(C)C1CCC2OC2C1. The van der Waals surface area contributed by atoms with E-state index < -0.39 is 0 Å². The number of epoxide rings is 1. The van der Waals surface area contributed by atoms with Crippen molar-refractivity contribution in [3.63, 3.8) is 0 Å². The van der Waals surface area contributed by atoms with E-state index in [2.05, 4.69) is 13.8 Å². The zero-order valence-electron chi connectivity index (χ0n) is 6.84. The Morgan fingerprint density at radius 1 is 1.20 bits per heavy atom. The van der Waals surface area contributed by atoms with Gasteiger partial charge < -0.3 is 4.74 Å². The van der Waals surface area contributed by atoms with Crippen LogP contribution in [0.1, 0.15) is 33.1 Å². The van der Waals surface area contributed by atoms with Crippen LogP contribution in [0.3, 0.4) is 0 Å². The van der Waals surface area contributed by atoms with E-state index in [0.717, 1.165) is 11.8 Å². The van der Waals surface area contributed by atoms with Gasteiger partial charge in [0.15, 0.2) is 0 Å². The maximum atomic E-state index is 5.46. The van der Waals surface area contributed by atoms with E-state index in [1.807, 2.05) is 0 Å². The lowest BCUT2D eigenvalue weighted by molar-refractivity contribution is 0.297. The second-order valence-corrected chi connectivity index (χ2v) is 4.03. The van der Waals surface area contributed by atoms with E-state index in [-0.39, 0.29) is 0 Å². The Morgan fingerprint density at radius 3 is 2.60 bits per heavy atom. The first-order valence-electron chi connectivity index (χ1n) is 4.43. The molecule has 0 N–H and O–H groups in total. The molecular formula is C9H16O. The zero-order valence-corrected chi connectivity index (χ0v) is 6.84. The average molecular weight is 140 g/mol. The predicted molar refractivity (Wildman–Crippen MR) is 40.8 cm³/mol. The largest absolute Gasteiger partial charge is 0.370 e. The van der Waals surface area contributed by atoms with Crippen LogP contribution in [0.2, 0.25) is 0 Å². The molecule has 0 bridgehead atoms. The minimum absolute atomic E-state index is 0.668. The van der Waals surface area contributed by atoms with E-state index in [1.165, 1.54) is 19.3 Å². The average Bonchev–Trinajstić information content (AvgIpc) is 2.63. The lowest BCUT2D eigenvalue weighted by Gasteiger charge is -2.22. The molecule has 2 rings (SSSR count). The normalized spacial score (nSPS) is 45.3. The van der Waals surface area contributed by atoms with Gasteiger partial charge in [-0.1, -0.05) is 13.8 Å². The molecule has 1 heterocycles. The van der Waals surface area contributed by atoms with Crippen LogP contribution in [-0.4, -0.2) is 12.2 Å². The standard InChI is InChI=1S/C9H16O/c1-6(2)7-3-4-8-9(5-7)10-8/h6-9H,3-5H2,1-2H3. The highest BCUT2D eigenvalue weighted by molar-refractivity contribution is 4.92. The summed E-state index contributed by atoms with van der Waals surface area (Å²) in [5.74, 6) is 1.81. The summed E-state index contributed by atoms with van der Waals surface area (Å²) in [6.07, 6.45) is 5.41. The molecule has 10 heavy (non-hydrogen) atoms. The number of hydrogen-bond donors (Lipinski definition) is 0. The molecule has 1 saturated carbocycles. The van der Waals surface area contributed by atoms with Crippen LogP contribution in [0, 0.1) is 11.8 Å². The van der Waals surface area contributed by atoms with E-state index in [4.69, 9.17) is 4.74 Å². The molecule has 1 aliphatic carbocycles. The summed E-state index contributed by atoms with van der Waals surface area (Å²) in [7, 11) is 0. The molecule has 0 spiro atoms. The fraction of sp³-hybridized carbons (Fsp3) is 1.00. The van der Waals surface area contributed by atoms with Crippen molar-refractivity contribution >= 4 is 0 Å². The highest BCUT2D eigenvalue weighted by Crippen LogP contribution is 2.41. The number of hydrogen-bond acceptors (Lipinski definition) is 1. The maximum Gasteiger partial charge on any atom is 0.0844 e. The number of rotatable bonds is 1. The Kier molecular flexibility index (Phi) is 1.48. The summed E-state index contributed by atoms with van der Waals surface area (Å²) in [6.45, 7) is 4.65. The molecule has 1 aliphatic heterocycles. The highest BCUT2D eigenvalue weighted by atomic mass is 16.6. The van der Waals surface area contributed by atoms with Crippen LogP contribution in [-0.2, 0) is 4.74 Å². The quantitative estimate of drug-likeness (QED) is 0.509. The second kappa shape index (κ2) is 2.23. The molecule has 58 valence electrons. The third kappa shape index (κ3) is 1.07. The summed E-state index contributed by atoms with van der Waals surface area (Å²) in [6, 6.07) is 0. The minimum atomic E-state index is 0.668. The predicted octanol–water partition coefficient (Wildman–Crippen LogP) is 2.21. The van der Waals surface area contributed by atoms with Crippen molar-refractivity contribution in [3.8, 4) is 0 Å². The van der Waals surface area contributed by atoms with E-state index in [1.54, 1.807) is 0 Å². The van der Waals surface area contributed by atoms with Crippen molar-refractivity contribution in [3.05, 3.63) is 0 Å². The molecule has 2 fully saturated rings.